The molecule has 2 rings (SSSR count). The Balaban J connectivity index is 2.00. The van der Waals surface area contributed by atoms with Crippen LogP contribution in [-0.2, 0) is 0 Å². The summed E-state index contributed by atoms with van der Waals surface area (Å²) in [7, 11) is 0. The Hall–Kier alpha value is -1.46. The van der Waals surface area contributed by atoms with Crippen LogP contribution in [0.5, 0.6) is 11.5 Å². The van der Waals surface area contributed by atoms with E-state index in [1.807, 2.05) is 18.2 Å². The van der Waals surface area contributed by atoms with Crippen molar-refractivity contribution < 1.29 is 14.6 Å². The third-order valence-electron chi connectivity index (χ3n) is 2.36. The molecule has 1 heterocycles. The lowest BCUT2D eigenvalue weighted by Gasteiger charge is -2.19. The number of aliphatic hydroxyl groups is 1. The van der Waals surface area contributed by atoms with Crippen LogP contribution >= 0.6 is 0 Å². The molecular weight excluding hydrogens is 208 g/mol. The van der Waals surface area contributed by atoms with Gasteiger partial charge in [-0.15, -0.1) is 0 Å². The largest absolute Gasteiger partial charge is 0.486 e. The third kappa shape index (κ3) is 2.56. The zero-order valence-corrected chi connectivity index (χ0v) is 8.98. The topological polar surface area (TPSA) is 76.7 Å². The molecular formula is C11H16N2O3. The molecule has 5 nitrogen and oxygen atoms in total. The highest BCUT2D eigenvalue weighted by Gasteiger charge is 2.11. The van der Waals surface area contributed by atoms with Crippen LogP contribution in [0.1, 0.15) is 0 Å². The van der Waals surface area contributed by atoms with Crippen LogP contribution in [0.2, 0.25) is 0 Å². The molecule has 1 aliphatic rings. The Morgan fingerprint density at radius 3 is 2.81 bits per heavy atom. The first-order chi connectivity index (χ1) is 7.79. The van der Waals surface area contributed by atoms with Crippen molar-refractivity contribution in [1.82, 2.24) is 0 Å². The van der Waals surface area contributed by atoms with E-state index in [9.17, 15) is 5.11 Å². The molecule has 0 aromatic heterocycles. The van der Waals surface area contributed by atoms with Crippen molar-refractivity contribution in [3.63, 3.8) is 0 Å². The van der Waals surface area contributed by atoms with E-state index >= 15 is 0 Å². The number of nitrogens with two attached hydrogens (primary N) is 1. The molecule has 1 aromatic rings. The lowest BCUT2D eigenvalue weighted by atomic mass is 10.2. The molecule has 0 spiro atoms. The fourth-order valence-corrected chi connectivity index (χ4v) is 1.47. The van der Waals surface area contributed by atoms with Crippen LogP contribution in [0.3, 0.4) is 0 Å². The van der Waals surface area contributed by atoms with Gasteiger partial charge in [0.1, 0.15) is 13.2 Å². The van der Waals surface area contributed by atoms with Gasteiger partial charge < -0.3 is 25.6 Å². The summed E-state index contributed by atoms with van der Waals surface area (Å²) < 4.78 is 10.8. The van der Waals surface area contributed by atoms with Crippen molar-refractivity contribution in [2.24, 2.45) is 5.73 Å². The van der Waals surface area contributed by atoms with E-state index in [2.05, 4.69) is 5.32 Å². The number of benzene rings is 1. The molecule has 1 aliphatic heterocycles. The van der Waals surface area contributed by atoms with Gasteiger partial charge in [-0.25, -0.2) is 0 Å². The average Bonchev–Trinajstić information content (AvgIpc) is 2.35. The molecule has 0 saturated heterocycles. The van der Waals surface area contributed by atoms with Gasteiger partial charge in [0, 0.05) is 24.8 Å². The number of hydrogen-bond acceptors (Lipinski definition) is 5. The van der Waals surface area contributed by atoms with Gasteiger partial charge in [-0.3, -0.25) is 0 Å². The zero-order valence-electron chi connectivity index (χ0n) is 8.98. The number of hydrogen-bond donors (Lipinski definition) is 3. The second kappa shape index (κ2) is 5.05. The van der Waals surface area contributed by atoms with Crippen LogP contribution in [0.4, 0.5) is 5.69 Å². The maximum Gasteiger partial charge on any atom is 0.163 e. The van der Waals surface area contributed by atoms with Crippen molar-refractivity contribution in [1.29, 1.82) is 0 Å². The Bertz CT molecular complexity index is 357. The first-order valence-corrected chi connectivity index (χ1v) is 5.31. The molecule has 0 aliphatic carbocycles. The van der Waals surface area contributed by atoms with Gasteiger partial charge >= 0.3 is 0 Å². The van der Waals surface area contributed by atoms with Crippen LogP contribution in [0.25, 0.3) is 0 Å². The standard InChI is InChI=1S/C11H16N2O3/c12-6-9(14)7-13-8-1-2-10-11(5-8)16-4-3-15-10/h1-2,5,9,13-14H,3-4,6-7,12H2. The van der Waals surface area contributed by atoms with Crippen molar-refractivity contribution in [3.05, 3.63) is 18.2 Å². The number of nitrogens with one attached hydrogen (secondary N) is 1. The summed E-state index contributed by atoms with van der Waals surface area (Å²) in [5, 5.41) is 12.4. The number of ether oxygens (including phenoxy) is 2. The molecule has 5 heteroatoms. The predicted molar refractivity (Wildman–Crippen MR) is 61.0 cm³/mol. The van der Waals surface area contributed by atoms with Gasteiger partial charge in [0.15, 0.2) is 11.5 Å². The molecule has 88 valence electrons. The van der Waals surface area contributed by atoms with E-state index in [-0.39, 0.29) is 6.54 Å². The van der Waals surface area contributed by atoms with Gasteiger partial charge in [0.2, 0.25) is 0 Å². The lowest BCUT2D eigenvalue weighted by molar-refractivity contribution is 0.171. The Morgan fingerprint density at radius 2 is 2.06 bits per heavy atom. The van der Waals surface area contributed by atoms with Crippen LogP contribution in [-0.4, -0.2) is 37.5 Å². The fourth-order valence-electron chi connectivity index (χ4n) is 1.47. The second-order valence-electron chi connectivity index (χ2n) is 3.63. The molecule has 0 bridgehead atoms. The zero-order chi connectivity index (χ0) is 11.4. The molecule has 0 amide bonds. The van der Waals surface area contributed by atoms with E-state index in [0.717, 1.165) is 17.2 Å². The SMILES string of the molecule is NCC(O)CNc1ccc2c(c1)OCCO2. The first-order valence-electron chi connectivity index (χ1n) is 5.31. The molecule has 1 unspecified atom stereocenters. The minimum atomic E-state index is -0.534. The van der Waals surface area contributed by atoms with E-state index < -0.39 is 6.10 Å². The number of rotatable bonds is 4. The Labute approximate surface area is 94.2 Å². The molecule has 0 saturated carbocycles. The van der Waals surface area contributed by atoms with Gasteiger partial charge in [-0.1, -0.05) is 0 Å². The normalized spacial score (nSPS) is 15.6. The highest BCUT2D eigenvalue weighted by Crippen LogP contribution is 2.32. The molecule has 0 radical (unpaired) electrons. The molecule has 1 aromatic carbocycles. The van der Waals surface area contributed by atoms with Crippen molar-refractivity contribution in [2.75, 3.05) is 31.6 Å². The average molecular weight is 224 g/mol. The van der Waals surface area contributed by atoms with E-state index in [0.29, 0.717) is 19.8 Å². The summed E-state index contributed by atoms with van der Waals surface area (Å²) in [6, 6.07) is 5.60. The highest BCUT2D eigenvalue weighted by molar-refractivity contribution is 5.55. The van der Waals surface area contributed by atoms with Crippen LogP contribution < -0.4 is 20.5 Å². The minimum Gasteiger partial charge on any atom is -0.486 e. The van der Waals surface area contributed by atoms with Crippen molar-refractivity contribution in [2.45, 2.75) is 6.10 Å². The summed E-state index contributed by atoms with van der Waals surface area (Å²) in [6.07, 6.45) is -0.534. The minimum absolute atomic E-state index is 0.248. The van der Waals surface area contributed by atoms with Gasteiger partial charge in [0.05, 0.1) is 6.10 Å². The number of anilines is 1. The monoisotopic (exact) mass is 224 g/mol. The summed E-state index contributed by atoms with van der Waals surface area (Å²) in [5.74, 6) is 1.50. The molecule has 4 N–H and O–H groups in total. The number of aliphatic hydroxyl groups excluding tert-OH is 1. The molecule has 0 fully saturated rings. The summed E-state index contributed by atoms with van der Waals surface area (Å²) >= 11 is 0. The highest BCUT2D eigenvalue weighted by atomic mass is 16.6. The van der Waals surface area contributed by atoms with Crippen molar-refractivity contribution in [3.8, 4) is 11.5 Å². The predicted octanol–water partition coefficient (Wildman–Crippen LogP) is 0.189. The van der Waals surface area contributed by atoms with Gasteiger partial charge in [-0.2, -0.15) is 0 Å². The molecule has 1 atom stereocenters. The van der Waals surface area contributed by atoms with E-state index in [4.69, 9.17) is 15.2 Å². The Kier molecular flexibility index (Phi) is 3.48. The maximum atomic E-state index is 9.31. The second-order valence-corrected chi connectivity index (χ2v) is 3.63. The van der Waals surface area contributed by atoms with Crippen LogP contribution in [0, 0.1) is 0 Å². The lowest BCUT2D eigenvalue weighted by Crippen LogP contribution is -2.27. The summed E-state index contributed by atoms with van der Waals surface area (Å²) in [5.41, 5.74) is 6.20. The third-order valence-corrected chi connectivity index (χ3v) is 2.36. The maximum absolute atomic E-state index is 9.31. The Morgan fingerprint density at radius 1 is 1.31 bits per heavy atom. The van der Waals surface area contributed by atoms with Crippen LogP contribution in [0.15, 0.2) is 18.2 Å². The summed E-state index contributed by atoms with van der Waals surface area (Å²) in [4.78, 5) is 0. The smallest absolute Gasteiger partial charge is 0.163 e. The van der Waals surface area contributed by atoms with E-state index in [1.54, 1.807) is 0 Å². The van der Waals surface area contributed by atoms with E-state index in [1.165, 1.54) is 0 Å². The number of fused-ring (bicyclic) bond motifs is 1. The quantitative estimate of drug-likeness (QED) is 0.680. The van der Waals surface area contributed by atoms with Crippen molar-refractivity contribution >= 4 is 5.69 Å². The van der Waals surface area contributed by atoms with Gasteiger partial charge in [0.25, 0.3) is 0 Å². The van der Waals surface area contributed by atoms with Gasteiger partial charge in [-0.05, 0) is 12.1 Å². The fraction of sp³-hybridized carbons (Fsp3) is 0.455. The molecule has 16 heavy (non-hydrogen) atoms. The summed E-state index contributed by atoms with van der Waals surface area (Å²) in [6.45, 7) is 1.83. The first kappa shape index (κ1) is 11.0.